The highest BCUT2D eigenvalue weighted by molar-refractivity contribution is 5.84. The summed E-state index contributed by atoms with van der Waals surface area (Å²) in [6, 6.07) is 11.6. The van der Waals surface area contributed by atoms with Crippen molar-refractivity contribution in [1.82, 2.24) is 10.2 Å². The summed E-state index contributed by atoms with van der Waals surface area (Å²) in [4.78, 5) is 14.8. The normalized spacial score (nSPS) is 23.4. The largest absolute Gasteiger partial charge is 0.351 e. The zero-order valence-corrected chi connectivity index (χ0v) is 13.9. The quantitative estimate of drug-likeness (QED) is 0.910. The van der Waals surface area contributed by atoms with Gasteiger partial charge in [-0.1, -0.05) is 24.3 Å². The lowest BCUT2D eigenvalue weighted by Crippen LogP contribution is -2.42. The van der Waals surface area contributed by atoms with E-state index in [1.54, 1.807) is 0 Å². The van der Waals surface area contributed by atoms with E-state index in [1.165, 1.54) is 11.6 Å². The molecular weight excluding hydrogens is 322 g/mol. The number of nitrogens with one attached hydrogen (secondary N) is 1. The number of amides is 1. The lowest BCUT2D eigenvalue weighted by molar-refractivity contribution is -0.130. The topological polar surface area (TPSA) is 32.3 Å². The zero-order valence-electron chi connectivity index (χ0n) is 13.9. The molecular formula is C20H20F2N2O. The molecule has 1 spiro atoms. The first kappa shape index (κ1) is 16.2. The van der Waals surface area contributed by atoms with Crippen LogP contribution in [0.15, 0.2) is 42.5 Å². The predicted octanol–water partition coefficient (Wildman–Crippen LogP) is 3.03. The Morgan fingerprint density at radius 2 is 1.92 bits per heavy atom. The minimum atomic E-state index is -0.490. The van der Waals surface area contributed by atoms with Gasteiger partial charge in [-0.05, 0) is 48.7 Å². The fraction of sp³-hybridized carbons (Fsp3) is 0.350. The smallest absolute Gasteiger partial charge is 0.228 e. The first-order valence-electron chi connectivity index (χ1n) is 8.57. The SMILES string of the molecule is O=C1NCc2ccccc2CC12CCN(Cc1cc(F)ccc1F)C2. The van der Waals surface area contributed by atoms with Gasteiger partial charge in [0.1, 0.15) is 11.6 Å². The number of carbonyl (C=O) groups excluding carboxylic acids is 1. The van der Waals surface area contributed by atoms with Crippen LogP contribution in [0, 0.1) is 17.0 Å². The molecule has 2 aliphatic rings. The van der Waals surface area contributed by atoms with E-state index in [0.717, 1.165) is 24.1 Å². The summed E-state index contributed by atoms with van der Waals surface area (Å²) >= 11 is 0. The van der Waals surface area contributed by atoms with Crippen molar-refractivity contribution in [3.8, 4) is 0 Å². The van der Waals surface area contributed by atoms with Crippen LogP contribution in [0.1, 0.15) is 23.1 Å². The van der Waals surface area contributed by atoms with Gasteiger partial charge in [0.05, 0.1) is 5.41 Å². The Labute approximate surface area is 145 Å². The molecule has 25 heavy (non-hydrogen) atoms. The van der Waals surface area contributed by atoms with Crippen molar-refractivity contribution in [1.29, 1.82) is 0 Å². The lowest BCUT2D eigenvalue weighted by Gasteiger charge is -2.26. The number of fused-ring (bicyclic) bond motifs is 1. The van der Waals surface area contributed by atoms with Crippen molar-refractivity contribution in [2.24, 2.45) is 5.41 Å². The lowest BCUT2D eigenvalue weighted by atomic mass is 9.80. The van der Waals surface area contributed by atoms with Gasteiger partial charge in [-0.15, -0.1) is 0 Å². The minimum Gasteiger partial charge on any atom is -0.351 e. The van der Waals surface area contributed by atoms with Gasteiger partial charge in [-0.25, -0.2) is 8.78 Å². The van der Waals surface area contributed by atoms with Gasteiger partial charge in [0, 0.05) is 25.2 Å². The number of rotatable bonds is 2. The number of benzene rings is 2. The first-order valence-corrected chi connectivity index (χ1v) is 8.57. The molecule has 1 fully saturated rings. The van der Waals surface area contributed by atoms with Gasteiger partial charge in [0.25, 0.3) is 0 Å². The molecule has 4 rings (SSSR count). The molecule has 1 N–H and O–H groups in total. The average molecular weight is 342 g/mol. The van der Waals surface area contributed by atoms with Gasteiger partial charge in [-0.2, -0.15) is 0 Å². The van der Waals surface area contributed by atoms with Crippen molar-refractivity contribution in [3.63, 3.8) is 0 Å². The van der Waals surface area contributed by atoms with Crippen LogP contribution in [0.25, 0.3) is 0 Å². The van der Waals surface area contributed by atoms with E-state index in [9.17, 15) is 13.6 Å². The maximum atomic E-state index is 13.9. The summed E-state index contributed by atoms with van der Waals surface area (Å²) in [5.74, 6) is -0.782. The Bertz CT molecular complexity index is 823. The summed E-state index contributed by atoms with van der Waals surface area (Å²) in [6.07, 6.45) is 1.42. The third kappa shape index (κ3) is 3.04. The maximum Gasteiger partial charge on any atom is 0.228 e. The Morgan fingerprint density at radius 1 is 1.12 bits per heavy atom. The molecule has 5 heteroatoms. The second-order valence-electron chi connectivity index (χ2n) is 7.10. The Kier molecular flexibility index (Phi) is 4.04. The summed E-state index contributed by atoms with van der Waals surface area (Å²) in [5.41, 5.74) is 2.20. The van der Waals surface area contributed by atoms with Gasteiger partial charge in [0.15, 0.2) is 0 Å². The zero-order chi connectivity index (χ0) is 17.4. The number of likely N-dealkylation sites (tertiary alicyclic amines) is 1. The molecule has 1 saturated heterocycles. The minimum absolute atomic E-state index is 0.0610. The van der Waals surface area contributed by atoms with E-state index in [2.05, 4.69) is 11.4 Å². The molecule has 1 amide bonds. The Balaban J connectivity index is 1.56. The van der Waals surface area contributed by atoms with E-state index < -0.39 is 17.0 Å². The van der Waals surface area contributed by atoms with Crippen molar-refractivity contribution in [3.05, 3.63) is 70.8 Å². The Hall–Kier alpha value is -2.27. The molecule has 2 aliphatic heterocycles. The molecule has 2 aromatic rings. The van der Waals surface area contributed by atoms with Crippen molar-refractivity contribution in [2.75, 3.05) is 13.1 Å². The third-order valence-electron chi connectivity index (χ3n) is 5.40. The van der Waals surface area contributed by atoms with Crippen molar-refractivity contribution in [2.45, 2.75) is 25.9 Å². The first-order chi connectivity index (χ1) is 12.1. The van der Waals surface area contributed by atoms with Crippen LogP contribution in [-0.2, 0) is 24.3 Å². The maximum absolute atomic E-state index is 13.9. The third-order valence-corrected chi connectivity index (χ3v) is 5.40. The summed E-state index contributed by atoms with van der Waals surface area (Å²) in [5, 5.41) is 3.04. The Morgan fingerprint density at radius 3 is 2.76 bits per heavy atom. The average Bonchev–Trinajstić information content (AvgIpc) is 2.94. The van der Waals surface area contributed by atoms with Crippen LogP contribution in [-0.4, -0.2) is 23.9 Å². The van der Waals surface area contributed by atoms with Gasteiger partial charge < -0.3 is 5.32 Å². The molecule has 2 aromatic carbocycles. The molecule has 1 unspecified atom stereocenters. The molecule has 0 bridgehead atoms. The van der Waals surface area contributed by atoms with E-state index in [1.807, 2.05) is 23.1 Å². The van der Waals surface area contributed by atoms with Gasteiger partial charge in [-0.3, -0.25) is 9.69 Å². The van der Waals surface area contributed by atoms with Crippen LogP contribution in [0.3, 0.4) is 0 Å². The van der Waals surface area contributed by atoms with E-state index in [0.29, 0.717) is 38.2 Å². The molecule has 1 atom stereocenters. The molecule has 0 radical (unpaired) electrons. The highest BCUT2D eigenvalue weighted by Gasteiger charge is 2.45. The van der Waals surface area contributed by atoms with Crippen molar-refractivity contribution >= 4 is 5.91 Å². The number of halogens is 2. The monoisotopic (exact) mass is 342 g/mol. The molecule has 0 aliphatic carbocycles. The predicted molar refractivity (Wildman–Crippen MR) is 90.7 cm³/mol. The molecule has 2 heterocycles. The summed E-state index contributed by atoms with van der Waals surface area (Å²) < 4.78 is 27.3. The standard InChI is InChI=1S/C20H20F2N2O/c21-17-5-6-18(22)16(9-17)12-24-8-7-20(13-24)10-14-3-1-2-4-15(14)11-23-19(20)25/h1-6,9H,7-8,10-13H2,(H,23,25). The van der Waals surface area contributed by atoms with Gasteiger partial charge in [0.2, 0.25) is 5.91 Å². The van der Waals surface area contributed by atoms with E-state index in [4.69, 9.17) is 0 Å². The fourth-order valence-corrected chi connectivity index (χ4v) is 4.04. The molecule has 0 aromatic heterocycles. The van der Waals surface area contributed by atoms with Gasteiger partial charge >= 0.3 is 0 Å². The highest BCUT2D eigenvalue weighted by atomic mass is 19.1. The molecule has 130 valence electrons. The van der Waals surface area contributed by atoms with Crippen LogP contribution < -0.4 is 5.32 Å². The second-order valence-corrected chi connectivity index (χ2v) is 7.10. The highest BCUT2D eigenvalue weighted by Crippen LogP contribution is 2.37. The van der Waals surface area contributed by atoms with Crippen LogP contribution >= 0.6 is 0 Å². The molecule has 3 nitrogen and oxygen atoms in total. The number of carbonyl (C=O) groups is 1. The number of hydrogen-bond acceptors (Lipinski definition) is 2. The number of nitrogens with zero attached hydrogens (tertiary/aromatic N) is 1. The van der Waals surface area contributed by atoms with Crippen LogP contribution in [0.4, 0.5) is 8.78 Å². The van der Waals surface area contributed by atoms with E-state index in [-0.39, 0.29) is 5.91 Å². The van der Waals surface area contributed by atoms with Crippen LogP contribution in [0.5, 0.6) is 0 Å². The second kappa shape index (κ2) is 6.23. The molecule has 0 saturated carbocycles. The summed E-state index contributed by atoms with van der Waals surface area (Å²) in [6.45, 7) is 2.13. The van der Waals surface area contributed by atoms with Crippen molar-refractivity contribution < 1.29 is 13.6 Å². The fourth-order valence-electron chi connectivity index (χ4n) is 4.04. The van der Waals surface area contributed by atoms with Crippen LogP contribution in [0.2, 0.25) is 0 Å². The number of hydrogen-bond donors (Lipinski definition) is 1. The van der Waals surface area contributed by atoms with E-state index >= 15 is 0 Å². The summed E-state index contributed by atoms with van der Waals surface area (Å²) in [7, 11) is 0.